The zero-order valence-corrected chi connectivity index (χ0v) is 13.8. The number of hydrogen-bond donors (Lipinski definition) is 1. The van der Waals surface area contributed by atoms with Crippen LogP contribution in [-0.2, 0) is 13.0 Å². The Hall–Kier alpha value is -1.49. The van der Waals surface area contributed by atoms with Gasteiger partial charge < -0.3 is 5.11 Å². The molecule has 0 bridgehead atoms. The van der Waals surface area contributed by atoms with Gasteiger partial charge in [-0.2, -0.15) is 0 Å². The third-order valence-corrected chi connectivity index (χ3v) is 4.79. The van der Waals surface area contributed by atoms with Crippen molar-refractivity contribution < 1.29 is 9.50 Å². The molecule has 23 heavy (non-hydrogen) atoms. The molecular weight excluding hydrogens is 315 g/mol. The van der Waals surface area contributed by atoms with Crippen molar-refractivity contribution in [2.24, 2.45) is 5.92 Å². The van der Waals surface area contributed by atoms with Crippen LogP contribution in [0.25, 0.3) is 0 Å². The maximum absolute atomic E-state index is 14.3. The second-order valence-corrected chi connectivity index (χ2v) is 6.61. The molecule has 1 aromatic heterocycles. The van der Waals surface area contributed by atoms with Crippen LogP contribution in [0.3, 0.4) is 0 Å². The van der Waals surface area contributed by atoms with Gasteiger partial charge in [0.05, 0.1) is 6.10 Å². The molecule has 0 unspecified atom stereocenters. The number of nitrogens with zero attached hydrogens (tertiary/aromatic N) is 2. The number of likely N-dealkylation sites (tertiary alicyclic amines) is 1. The second kappa shape index (κ2) is 6.95. The van der Waals surface area contributed by atoms with E-state index < -0.39 is 6.10 Å². The van der Waals surface area contributed by atoms with E-state index in [0.717, 1.165) is 12.1 Å². The van der Waals surface area contributed by atoms with Crippen molar-refractivity contribution >= 4 is 11.6 Å². The summed E-state index contributed by atoms with van der Waals surface area (Å²) >= 11 is 6.14. The van der Waals surface area contributed by atoms with E-state index in [1.165, 1.54) is 0 Å². The highest BCUT2D eigenvalue weighted by Gasteiger charge is 2.32. The van der Waals surface area contributed by atoms with Crippen LogP contribution in [-0.4, -0.2) is 34.2 Å². The molecule has 1 N–H and O–H groups in total. The van der Waals surface area contributed by atoms with Crippen molar-refractivity contribution in [2.45, 2.75) is 26.0 Å². The molecule has 0 amide bonds. The number of hydrogen-bond acceptors (Lipinski definition) is 3. The molecule has 5 heteroatoms. The van der Waals surface area contributed by atoms with Gasteiger partial charge in [0.15, 0.2) is 0 Å². The van der Waals surface area contributed by atoms with Gasteiger partial charge in [-0.3, -0.25) is 9.88 Å². The lowest BCUT2D eigenvalue weighted by Crippen LogP contribution is -2.22. The maximum Gasteiger partial charge on any atom is 0.132 e. The van der Waals surface area contributed by atoms with Crippen molar-refractivity contribution in [1.82, 2.24) is 9.88 Å². The average Bonchev–Trinajstić information content (AvgIpc) is 2.88. The predicted molar refractivity (Wildman–Crippen MR) is 88.9 cm³/mol. The summed E-state index contributed by atoms with van der Waals surface area (Å²) < 4.78 is 14.3. The SMILES string of the molecule is Cc1ccc(Cl)c(CN2C[C@@H](Cc3ccccn3)[C@H](O)C2)c1F. The topological polar surface area (TPSA) is 36.4 Å². The zero-order chi connectivity index (χ0) is 16.4. The first kappa shape index (κ1) is 16.4. The Morgan fingerprint density at radius 3 is 2.87 bits per heavy atom. The van der Waals surface area contributed by atoms with Gasteiger partial charge in [-0.25, -0.2) is 4.39 Å². The largest absolute Gasteiger partial charge is 0.391 e. The van der Waals surface area contributed by atoms with E-state index in [4.69, 9.17) is 11.6 Å². The van der Waals surface area contributed by atoms with Crippen LogP contribution in [0.15, 0.2) is 36.5 Å². The highest BCUT2D eigenvalue weighted by Crippen LogP contribution is 2.27. The molecule has 1 saturated heterocycles. The Kier molecular flexibility index (Phi) is 4.95. The van der Waals surface area contributed by atoms with Gasteiger partial charge >= 0.3 is 0 Å². The number of pyridine rings is 1. The first-order valence-corrected chi connectivity index (χ1v) is 8.16. The van der Waals surface area contributed by atoms with E-state index in [2.05, 4.69) is 9.88 Å². The highest BCUT2D eigenvalue weighted by molar-refractivity contribution is 6.31. The first-order chi connectivity index (χ1) is 11.0. The lowest BCUT2D eigenvalue weighted by Gasteiger charge is -2.17. The number of rotatable bonds is 4. The molecule has 2 aromatic rings. The lowest BCUT2D eigenvalue weighted by molar-refractivity contribution is 0.140. The molecule has 3 nitrogen and oxygen atoms in total. The number of aliphatic hydroxyl groups is 1. The molecule has 1 fully saturated rings. The van der Waals surface area contributed by atoms with E-state index in [1.807, 2.05) is 18.2 Å². The summed E-state index contributed by atoms with van der Waals surface area (Å²) in [4.78, 5) is 6.37. The number of β-amino-alcohol motifs (C(OH)–C–C–N with tert-alkyl or cyclic N) is 1. The van der Waals surface area contributed by atoms with E-state index in [1.54, 1.807) is 25.3 Å². The summed E-state index contributed by atoms with van der Waals surface area (Å²) in [5, 5.41) is 10.7. The average molecular weight is 335 g/mol. The fraction of sp³-hybridized carbons (Fsp3) is 0.389. The van der Waals surface area contributed by atoms with Crippen molar-refractivity contribution in [3.63, 3.8) is 0 Å². The maximum atomic E-state index is 14.3. The fourth-order valence-corrected chi connectivity index (χ4v) is 3.35. The van der Waals surface area contributed by atoms with Gasteiger partial charge in [-0.05, 0) is 37.1 Å². The van der Waals surface area contributed by atoms with Crippen LogP contribution in [0.5, 0.6) is 0 Å². The van der Waals surface area contributed by atoms with Gasteiger partial charge in [0.25, 0.3) is 0 Å². The van der Waals surface area contributed by atoms with E-state index in [9.17, 15) is 9.50 Å². The van der Waals surface area contributed by atoms with Crippen LogP contribution in [0.4, 0.5) is 4.39 Å². The molecule has 1 aliphatic rings. The molecule has 2 heterocycles. The smallest absolute Gasteiger partial charge is 0.132 e. The number of aliphatic hydroxyl groups excluding tert-OH is 1. The lowest BCUT2D eigenvalue weighted by atomic mass is 10.00. The van der Waals surface area contributed by atoms with Crippen LogP contribution in [0, 0.1) is 18.7 Å². The van der Waals surface area contributed by atoms with Crippen molar-refractivity contribution in [3.05, 3.63) is 64.2 Å². The second-order valence-electron chi connectivity index (χ2n) is 6.20. The minimum Gasteiger partial charge on any atom is -0.391 e. The molecule has 0 radical (unpaired) electrons. The Morgan fingerprint density at radius 1 is 1.30 bits per heavy atom. The molecule has 0 aliphatic carbocycles. The molecule has 3 rings (SSSR count). The van der Waals surface area contributed by atoms with Gasteiger partial charge in [0.1, 0.15) is 5.82 Å². The van der Waals surface area contributed by atoms with Crippen molar-refractivity contribution in [2.75, 3.05) is 13.1 Å². The Labute approximate surface area is 140 Å². The van der Waals surface area contributed by atoms with Crippen LogP contribution < -0.4 is 0 Å². The summed E-state index contributed by atoms with van der Waals surface area (Å²) in [7, 11) is 0. The quantitative estimate of drug-likeness (QED) is 0.932. The molecule has 1 aromatic carbocycles. The van der Waals surface area contributed by atoms with E-state index in [-0.39, 0.29) is 11.7 Å². The fourth-order valence-electron chi connectivity index (χ4n) is 3.14. The number of halogens is 2. The highest BCUT2D eigenvalue weighted by atomic mass is 35.5. The van der Waals surface area contributed by atoms with Gasteiger partial charge in [0, 0.05) is 48.0 Å². The van der Waals surface area contributed by atoms with Gasteiger partial charge in [0.2, 0.25) is 0 Å². The number of aryl methyl sites for hydroxylation is 1. The van der Waals surface area contributed by atoms with E-state index >= 15 is 0 Å². The van der Waals surface area contributed by atoms with Crippen molar-refractivity contribution in [1.29, 1.82) is 0 Å². The Morgan fingerprint density at radius 2 is 2.13 bits per heavy atom. The van der Waals surface area contributed by atoms with Gasteiger partial charge in [-0.1, -0.05) is 23.7 Å². The third kappa shape index (κ3) is 3.71. The monoisotopic (exact) mass is 334 g/mol. The number of aromatic nitrogens is 1. The van der Waals surface area contributed by atoms with E-state index in [0.29, 0.717) is 35.8 Å². The van der Waals surface area contributed by atoms with Crippen LogP contribution >= 0.6 is 11.6 Å². The molecule has 1 aliphatic heterocycles. The molecule has 2 atom stereocenters. The Balaban J connectivity index is 1.69. The van der Waals surface area contributed by atoms with Crippen LogP contribution in [0.1, 0.15) is 16.8 Å². The zero-order valence-electron chi connectivity index (χ0n) is 13.0. The van der Waals surface area contributed by atoms with Crippen LogP contribution in [0.2, 0.25) is 5.02 Å². The minimum absolute atomic E-state index is 0.108. The summed E-state index contributed by atoms with van der Waals surface area (Å²) in [5.41, 5.74) is 2.07. The minimum atomic E-state index is -0.427. The summed E-state index contributed by atoms with van der Waals surface area (Å²) in [6.07, 6.45) is 2.06. The van der Waals surface area contributed by atoms with Crippen molar-refractivity contribution in [3.8, 4) is 0 Å². The summed E-state index contributed by atoms with van der Waals surface area (Å²) in [5.74, 6) is -0.142. The molecule has 0 spiro atoms. The predicted octanol–water partition coefficient (Wildman–Crippen LogP) is 3.22. The Bertz CT molecular complexity index is 680. The standard InChI is InChI=1S/C18H20ClFN2O/c1-12-5-6-16(19)15(18(12)20)10-22-9-13(17(23)11-22)8-14-4-2-3-7-21-14/h2-7,13,17,23H,8-11H2,1H3/t13-,17-/m1/s1. The first-order valence-electron chi connectivity index (χ1n) is 7.78. The molecule has 122 valence electrons. The molecular formula is C18H20ClFN2O. The molecule has 0 saturated carbocycles. The summed E-state index contributed by atoms with van der Waals surface area (Å²) in [6, 6.07) is 9.20. The third-order valence-electron chi connectivity index (χ3n) is 4.44. The summed E-state index contributed by atoms with van der Waals surface area (Å²) in [6.45, 7) is 3.39. The van der Waals surface area contributed by atoms with Gasteiger partial charge in [-0.15, -0.1) is 0 Å². The number of benzene rings is 1. The normalized spacial score (nSPS) is 21.7.